The first-order valence-corrected chi connectivity index (χ1v) is 7.57. The summed E-state index contributed by atoms with van der Waals surface area (Å²) in [7, 11) is 0. The molecule has 0 atom stereocenters. The number of benzene rings is 1. The van der Waals surface area contributed by atoms with Gasteiger partial charge in [0, 0.05) is 18.0 Å². The minimum absolute atomic E-state index is 0.161. The minimum Gasteiger partial charge on any atom is -0.337 e. The Bertz CT molecular complexity index is 818. The number of hydrogen-bond donors (Lipinski definition) is 1. The zero-order valence-corrected chi connectivity index (χ0v) is 13.5. The van der Waals surface area contributed by atoms with Crippen molar-refractivity contribution in [3.05, 3.63) is 53.9 Å². The van der Waals surface area contributed by atoms with Crippen molar-refractivity contribution in [1.82, 2.24) is 15.0 Å². The second kappa shape index (κ2) is 5.41. The topological polar surface area (TPSA) is 41.6 Å². The van der Waals surface area contributed by atoms with Gasteiger partial charge in [-0.1, -0.05) is 57.2 Å². The number of aromatic amines is 1. The van der Waals surface area contributed by atoms with E-state index in [9.17, 15) is 0 Å². The highest BCUT2D eigenvalue weighted by atomic mass is 14.9. The first kappa shape index (κ1) is 14.5. The maximum atomic E-state index is 4.46. The molecule has 0 aliphatic heterocycles. The number of nitrogens with one attached hydrogen (secondary N) is 1. The predicted molar refractivity (Wildman–Crippen MR) is 92.7 cm³/mol. The van der Waals surface area contributed by atoms with Gasteiger partial charge in [0.05, 0.1) is 5.69 Å². The molecule has 112 valence electrons. The zero-order chi connectivity index (χ0) is 15.7. The molecule has 3 nitrogen and oxygen atoms in total. The molecule has 0 aliphatic carbocycles. The Morgan fingerprint density at radius 3 is 2.32 bits per heavy atom. The van der Waals surface area contributed by atoms with Gasteiger partial charge in [0.15, 0.2) is 5.65 Å². The first-order chi connectivity index (χ1) is 10.5. The number of hydrogen-bond acceptors (Lipinski definition) is 2. The van der Waals surface area contributed by atoms with E-state index in [1.54, 1.807) is 12.4 Å². The maximum absolute atomic E-state index is 4.46. The quantitative estimate of drug-likeness (QED) is 0.725. The molecule has 2 aromatic heterocycles. The summed E-state index contributed by atoms with van der Waals surface area (Å²) in [4.78, 5) is 12.2. The summed E-state index contributed by atoms with van der Waals surface area (Å²) >= 11 is 0. The fourth-order valence-electron chi connectivity index (χ4n) is 2.62. The minimum atomic E-state index is 0.161. The van der Waals surface area contributed by atoms with E-state index in [2.05, 4.69) is 66.1 Å². The van der Waals surface area contributed by atoms with Gasteiger partial charge < -0.3 is 4.98 Å². The molecular weight excluding hydrogens is 270 g/mol. The molecule has 0 spiro atoms. The van der Waals surface area contributed by atoms with E-state index in [-0.39, 0.29) is 5.41 Å². The van der Waals surface area contributed by atoms with Crippen molar-refractivity contribution in [1.29, 1.82) is 0 Å². The molecule has 1 N–H and O–H groups in total. The van der Waals surface area contributed by atoms with Crippen molar-refractivity contribution in [2.24, 2.45) is 0 Å². The zero-order valence-electron chi connectivity index (χ0n) is 13.5. The molecule has 2 heterocycles. The van der Waals surface area contributed by atoms with Crippen LogP contribution in [0.4, 0.5) is 0 Å². The molecule has 0 saturated heterocycles. The Morgan fingerprint density at radius 1 is 1.00 bits per heavy atom. The van der Waals surface area contributed by atoms with Crippen LogP contribution in [0.3, 0.4) is 0 Å². The van der Waals surface area contributed by atoms with Gasteiger partial charge in [0.1, 0.15) is 5.52 Å². The monoisotopic (exact) mass is 291 g/mol. The second-order valence-electron chi connectivity index (χ2n) is 6.49. The van der Waals surface area contributed by atoms with Crippen molar-refractivity contribution < 1.29 is 0 Å². The van der Waals surface area contributed by atoms with E-state index in [0.717, 1.165) is 28.0 Å². The van der Waals surface area contributed by atoms with Gasteiger partial charge >= 0.3 is 0 Å². The van der Waals surface area contributed by atoms with Crippen LogP contribution in [0.15, 0.2) is 42.7 Å². The fourth-order valence-corrected chi connectivity index (χ4v) is 2.62. The summed E-state index contributed by atoms with van der Waals surface area (Å²) in [5.41, 5.74) is 6.54. The molecule has 22 heavy (non-hydrogen) atoms. The van der Waals surface area contributed by atoms with Gasteiger partial charge in [-0.3, -0.25) is 4.98 Å². The lowest BCUT2D eigenvalue weighted by Crippen LogP contribution is -2.10. The van der Waals surface area contributed by atoms with E-state index in [0.29, 0.717) is 0 Å². The number of aromatic nitrogens is 3. The molecule has 0 unspecified atom stereocenters. The lowest BCUT2D eigenvalue weighted by atomic mass is 9.86. The van der Waals surface area contributed by atoms with Crippen LogP contribution in [0, 0.1) is 0 Å². The molecule has 3 heteroatoms. The SMILES string of the molecule is C/C=C\c1c(-c2ccc(C(C)(C)C)cc2)[nH]c2nccnc12. The normalized spacial score (nSPS) is 12.4. The Balaban J connectivity index is 2.15. The third-order valence-electron chi connectivity index (χ3n) is 3.84. The Kier molecular flexibility index (Phi) is 3.57. The Labute approximate surface area is 131 Å². The molecule has 3 aromatic rings. The van der Waals surface area contributed by atoms with E-state index < -0.39 is 0 Å². The number of nitrogens with zero attached hydrogens (tertiary/aromatic N) is 2. The number of H-pyrrole nitrogens is 1. The molecule has 0 fully saturated rings. The van der Waals surface area contributed by atoms with E-state index in [4.69, 9.17) is 0 Å². The van der Waals surface area contributed by atoms with Gasteiger partial charge in [-0.15, -0.1) is 0 Å². The van der Waals surface area contributed by atoms with Crippen molar-refractivity contribution in [3.8, 4) is 11.3 Å². The number of rotatable bonds is 2. The highest BCUT2D eigenvalue weighted by Crippen LogP contribution is 2.31. The smallest absolute Gasteiger partial charge is 0.157 e. The van der Waals surface area contributed by atoms with Gasteiger partial charge in [-0.2, -0.15) is 0 Å². The van der Waals surface area contributed by atoms with Crippen LogP contribution < -0.4 is 0 Å². The second-order valence-corrected chi connectivity index (χ2v) is 6.49. The Morgan fingerprint density at radius 2 is 1.68 bits per heavy atom. The van der Waals surface area contributed by atoms with Crippen LogP contribution in [-0.4, -0.2) is 15.0 Å². The van der Waals surface area contributed by atoms with Crippen LogP contribution in [0.5, 0.6) is 0 Å². The molecule has 0 aliphatic rings. The molecular formula is C19H21N3. The summed E-state index contributed by atoms with van der Waals surface area (Å²) in [6.07, 6.45) is 7.56. The largest absolute Gasteiger partial charge is 0.337 e. The highest BCUT2D eigenvalue weighted by Gasteiger charge is 2.16. The van der Waals surface area contributed by atoms with Crippen LogP contribution in [0.1, 0.15) is 38.8 Å². The maximum Gasteiger partial charge on any atom is 0.157 e. The highest BCUT2D eigenvalue weighted by molar-refractivity contribution is 5.92. The van der Waals surface area contributed by atoms with E-state index >= 15 is 0 Å². The van der Waals surface area contributed by atoms with Crippen LogP contribution in [0.2, 0.25) is 0 Å². The van der Waals surface area contributed by atoms with Crippen molar-refractivity contribution in [2.75, 3.05) is 0 Å². The standard InChI is InChI=1S/C19H21N3/c1-5-6-15-16(22-18-17(15)20-11-12-21-18)13-7-9-14(10-8-13)19(2,3)4/h5-12H,1-4H3,(H,21,22)/b6-5-. The first-order valence-electron chi connectivity index (χ1n) is 7.57. The summed E-state index contributed by atoms with van der Waals surface area (Å²) in [6.45, 7) is 8.69. The third-order valence-corrected chi connectivity index (χ3v) is 3.84. The number of allylic oxidation sites excluding steroid dienone is 1. The lowest BCUT2D eigenvalue weighted by molar-refractivity contribution is 0.590. The molecule has 1 aromatic carbocycles. The summed E-state index contributed by atoms with van der Waals surface area (Å²) in [5.74, 6) is 0. The average Bonchev–Trinajstić information content (AvgIpc) is 2.86. The lowest BCUT2D eigenvalue weighted by Gasteiger charge is -2.19. The number of fused-ring (bicyclic) bond motifs is 1. The molecule has 0 radical (unpaired) electrons. The average molecular weight is 291 g/mol. The summed E-state index contributed by atoms with van der Waals surface area (Å²) < 4.78 is 0. The van der Waals surface area contributed by atoms with Crippen molar-refractivity contribution in [2.45, 2.75) is 33.1 Å². The predicted octanol–water partition coefficient (Wildman–Crippen LogP) is 4.96. The van der Waals surface area contributed by atoms with E-state index in [1.165, 1.54) is 5.56 Å². The fraction of sp³-hybridized carbons (Fsp3) is 0.263. The molecule has 0 bridgehead atoms. The molecule has 3 rings (SSSR count). The van der Waals surface area contributed by atoms with Gasteiger partial charge in [0.2, 0.25) is 0 Å². The van der Waals surface area contributed by atoms with Gasteiger partial charge in [-0.25, -0.2) is 4.98 Å². The summed E-state index contributed by atoms with van der Waals surface area (Å²) in [5, 5.41) is 0. The molecule has 0 amide bonds. The Hall–Kier alpha value is -2.42. The third kappa shape index (κ3) is 2.54. The van der Waals surface area contributed by atoms with Gasteiger partial charge in [-0.05, 0) is 23.5 Å². The van der Waals surface area contributed by atoms with Crippen LogP contribution in [-0.2, 0) is 5.41 Å². The van der Waals surface area contributed by atoms with Crippen molar-refractivity contribution >= 4 is 17.2 Å². The van der Waals surface area contributed by atoms with E-state index in [1.807, 2.05) is 13.0 Å². The van der Waals surface area contributed by atoms with Crippen LogP contribution >= 0.6 is 0 Å². The molecule has 0 saturated carbocycles. The van der Waals surface area contributed by atoms with Crippen molar-refractivity contribution in [3.63, 3.8) is 0 Å². The summed E-state index contributed by atoms with van der Waals surface area (Å²) in [6, 6.07) is 8.72. The van der Waals surface area contributed by atoms with Gasteiger partial charge in [0.25, 0.3) is 0 Å². The van der Waals surface area contributed by atoms with Crippen LogP contribution in [0.25, 0.3) is 28.5 Å².